The highest BCUT2D eigenvalue weighted by Crippen LogP contribution is 2.47. The standard InChI is InChI=1S/C36H44N5O3/c1-43-36(30-7-3-2-4-8-30)21-19-32(20-22-36)40-25-23-39(24-26-40)31-15-11-28(12-16-31)29-13-17-33(18-14-29)41(44-27-42)35-10-6-5-9-34(35)37-38-41/h5-6,9-18,27,30,32H,2-4,7-8,19-26H2,1H3/q+1. The van der Waals surface area contributed by atoms with Crippen molar-refractivity contribution in [3.8, 4) is 11.1 Å². The predicted octanol–water partition coefficient (Wildman–Crippen LogP) is 8.12. The molecule has 8 nitrogen and oxygen atoms in total. The summed E-state index contributed by atoms with van der Waals surface area (Å²) in [5.41, 5.74) is 5.77. The van der Waals surface area contributed by atoms with Crippen molar-refractivity contribution >= 4 is 29.2 Å². The van der Waals surface area contributed by atoms with E-state index in [2.05, 4.69) is 44.4 Å². The second-order valence-electron chi connectivity index (χ2n) is 12.9. The van der Waals surface area contributed by atoms with Gasteiger partial charge in [-0.15, -0.1) is 0 Å². The number of para-hydroxylation sites is 1. The Morgan fingerprint density at radius 1 is 0.818 bits per heavy atom. The number of carbonyl (C=O) groups is 1. The van der Waals surface area contributed by atoms with E-state index in [9.17, 15) is 4.79 Å². The van der Waals surface area contributed by atoms with E-state index in [1.165, 1.54) is 63.5 Å². The van der Waals surface area contributed by atoms with Gasteiger partial charge in [-0.3, -0.25) is 4.90 Å². The number of piperazine rings is 1. The summed E-state index contributed by atoms with van der Waals surface area (Å²) in [5, 5.41) is 8.56. The molecule has 2 heterocycles. The molecule has 1 unspecified atom stereocenters. The summed E-state index contributed by atoms with van der Waals surface area (Å²) in [4.78, 5) is 22.2. The molecule has 1 saturated heterocycles. The van der Waals surface area contributed by atoms with Crippen molar-refractivity contribution in [2.24, 2.45) is 16.3 Å². The molecular weight excluding hydrogens is 550 g/mol. The van der Waals surface area contributed by atoms with Crippen molar-refractivity contribution in [1.29, 1.82) is 0 Å². The van der Waals surface area contributed by atoms with E-state index in [1.54, 1.807) is 0 Å². The maximum atomic E-state index is 11.4. The Morgan fingerprint density at radius 2 is 1.48 bits per heavy atom. The molecule has 3 fully saturated rings. The van der Waals surface area contributed by atoms with Crippen LogP contribution in [0, 0.1) is 5.92 Å². The van der Waals surface area contributed by atoms with Crippen LogP contribution in [-0.4, -0.2) is 56.3 Å². The summed E-state index contributed by atoms with van der Waals surface area (Å²) in [7, 11) is 1.97. The van der Waals surface area contributed by atoms with Crippen molar-refractivity contribution in [3.05, 3.63) is 72.8 Å². The van der Waals surface area contributed by atoms with Gasteiger partial charge in [0, 0.05) is 63.2 Å². The number of fused-ring (bicyclic) bond motifs is 1. The van der Waals surface area contributed by atoms with Gasteiger partial charge in [0.15, 0.2) is 5.69 Å². The zero-order valence-electron chi connectivity index (χ0n) is 25.8. The third kappa shape index (κ3) is 5.33. The first-order chi connectivity index (χ1) is 21.6. The maximum Gasteiger partial charge on any atom is 0.360 e. The van der Waals surface area contributed by atoms with Crippen LogP contribution >= 0.6 is 0 Å². The molecule has 44 heavy (non-hydrogen) atoms. The molecule has 7 rings (SSSR count). The van der Waals surface area contributed by atoms with Gasteiger partial charge in [0.2, 0.25) is 11.4 Å². The van der Waals surface area contributed by atoms with E-state index in [1.807, 2.05) is 55.6 Å². The van der Waals surface area contributed by atoms with Gasteiger partial charge >= 0.3 is 6.47 Å². The number of anilines is 1. The lowest BCUT2D eigenvalue weighted by molar-refractivity contribution is -0.156. The first-order valence-corrected chi connectivity index (χ1v) is 16.4. The maximum absolute atomic E-state index is 11.4. The van der Waals surface area contributed by atoms with Crippen LogP contribution in [0.3, 0.4) is 0 Å². The number of hydrogen-bond donors (Lipinski definition) is 0. The number of benzene rings is 3. The number of quaternary nitrogens is 1. The molecule has 4 aliphatic rings. The zero-order chi connectivity index (χ0) is 30.0. The van der Waals surface area contributed by atoms with Crippen LogP contribution in [0.15, 0.2) is 83.1 Å². The minimum absolute atomic E-state index is 0.137. The minimum atomic E-state index is -0.417. The zero-order valence-corrected chi connectivity index (χ0v) is 25.8. The van der Waals surface area contributed by atoms with Crippen LogP contribution in [0.2, 0.25) is 0 Å². The lowest BCUT2D eigenvalue weighted by Crippen LogP contribution is -2.54. The Bertz CT molecular complexity index is 1450. The smallest absolute Gasteiger partial charge is 0.360 e. The second kappa shape index (κ2) is 12.4. The molecule has 2 aliphatic heterocycles. The van der Waals surface area contributed by atoms with Crippen LogP contribution in [-0.2, 0) is 14.4 Å². The molecule has 0 radical (unpaired) electrons. The molecule has 0 amide bonds. The fraction of sp³-hybridized carbons (Fsp3) is 0.472. The Labute approximate surface area is 260 Å². The highest BCUT2D eigenvalue weighted by Gasteiger charge is 2.46. The van der Waals surface area contributed by atoms with Crippen molar-refractivity contribution < 1.29 is 14.4 Å². The first-order valence-electron chi connectivity index (χ1n) is 16.4. The molecule has 3 aromatic carbocycles. The third-order valence-corrected chi connectivity index (χ3v) is 10.9. The Kier molecular flexibility index (Phi) is 8.23. The summed E-state index contributed by atoms with van der Waals surface area (Å²) in [5.74, 6) is 0.767. The first kappa shape index (κ1) is 29.1. The molecule has 0 aromatic heterocycles. The molecule has 2 aliphatic carbocycles. The van der Waals surface area contributed by atoms with E-state index in [0.717, 1.165) is 43.2 Å². The van der Waals surface area contributed by atoms with Crippen LogP contribution in [0.25, 0.3) is 11.1 Å². The number of rotatable bonds is 8. The van der Waals surface area contributed by atoms with Crippen molar-refractivity contribution in [2.45, 2.75) is 69.4 Å². The van der Waals surface area contributed by atoms with Crippen molar-refractivity contribution in [3.63, 3.8) is 0 Å². The summed E-state index contributed by atoms with van der Waals surface area (Å²) >= 11 is 0. The number of methoxy groups -OCH3 is 1. The van der Waals surface area contributed by atoms with E-state index >= 15 is 0 Å². The SMILES string of the molecule is COC1(C2CCCCC2)CCC(N2CCN(c3ccc(-c4ccc([N+]5(OC=O)N=Nc6ccccc65)cc4)cc3)CC2)CC1. The average molecular weight is 595 g/mol. The number of nitrogens with zero attached hydrogens (tertiary/aromatic N) is 5. The lowest BCUT2D eigenvalue weighted by atomic mass is 9.68. The third-order valence-electron chi connectivity index (χ3n) is 10.9. The monoisotopic (exact) mass is 594 g/mol. The van der Waals surface area contributed by atoms with E-state index in [0.29, 0.717) is 29.6 Å². The topological polar surface area (TPSA) is 66.7 Å². The molecule has 0 spiro atoms. The largest absolute Gasteiger partial charge is 0.378 e. The predicted molar refractivity (Wildman–Crippen MR) is 174 cm³/mol. The number of carbonyl (C=O) groups excluding carboxylic acids is 1. The highest BCUT2D eigenvalue weighted by molar-refractivity contribution is 5.74. The van der Waals surface area contributed by atoms with Gasteiger partial charge in [-0.25, -0.2) is 9.63 Å². The summed E-state index contributed by atoms with van der Waals surface area (Å²) in [6, 6.07) is 25.1. The molecule has 3 aromatic rings. The normalized spacial score (nSPS) is 27.7. The molecule has 230 valence electrons. The summed E-state index contributed by atoms with van der Waals surface area (Å²) in [6.45, 7) is 4.80. The lowest BCUT2D eigenvalue weighted by Gasteiger charge is -2.49. The molecule has 0 N–H and O–H groups in total. The number of ether oxygens (including phenoxy) is 1. The Hall–Kier alpha value is -3.59. The quantitative estimate of drug-likeness (QED) is 0.195. The molecular formula is C36H44N5O3+. The molecule has 2 saturated carbocycles. The average Bonchev–Trinajstić information content (AvgIpc) is 3.48. The highest BCUT2D eigenvalue weighted by atomic mass is 16.8. The van der Waals surface area contributed by atoms with Crippen LogP contribution in [0.4, 0.5) is 22.7 Å². The summed E-state index contributed by atoms with van der Waals surface area (Å²) in [6.07, 6.45) is 11.9. The van der Waals surface area contributed by atoms with Gasteiger partial charge in [0.05, 0.1) is 15.6 Å². The molecule has 8 heteroatoms. The van der Waals surface area contributed by atoms with Crippen molar-refractivity contribution in [2.75, 3.05) is 38.2 Å². The van der Waals surface area contributed by atoms with Crippen molar-refractivity contribution in [1.82, 2.24) is 9.66 Å². The van der Waals surface area contributed by atoms with Crippen LogP contribution in [0.1, 0.15) is 57.8 Å². The Balaban J connectivity index is 0.958. The Morgan fingerprint density at radius 3 is 2.14 bits per heavy atom. The molecule has 1 atom stereocenters. The van der Waals surface area contributed by atoms with Crippen LogP contribution < -0.4 is 9.66 Å². The minimum Gasteiger partial charge on any atom is -0.378 e. The van der Waals surface area contributed by atoms with Gasteiger partial charge < -0.3 is 9.64 Å². The van der Waals surface area contributed by atoms with E-state index in [-0.39, 0.29) is 5.60 Å². The fourth-order valence-electron chi connectivity index (χ4n) is 8.29. The second-order valence-corrected chi connectivity index (χ2v) is 12.9. The van der Waals surface area contributed by atoms with Gasteiger partial charge in [-0.05, 0) is 85.9 Å². The van der Waals surface area contributed by atoms with Gasteiger partial charge in [0.1, 0.15) is 0 Å². The molecule has 0 bridgehead atoms. The fourth-order valence-corrected chi connectivity index (χ4v) is 8.29. The van der Waals surface area contributed by atoms with Crippen LogP contribution in [0.5, 0.6) is 0 Å². The van der Waals surface area contributed by atoms with Gasteiger partial charge in [-0.2, -0.15) is 0 Å². The summed E-state index contributed by atoms with van der Waals surface area (Å²) < 4.78 is 5.86. The number of hydrogen-bond acceptors (Lipinski definition) is 7. The van der Waals surface area contributed by atoms with E-state index in [4.69, 9.17) is 9.57 Å². The van der Waals surface area contributed by atoms with Gasteiger partial charge in [0.25, 0.3) is 0 Å². The van der Waals surface area contributed by atoms with Gasteiger partial charge in [-0.1, -0.05) is 48.6 Å². The van der Waals surface area contributed by atoms with E-state index < -0.39 is 4.76 Å².